The highest BCUT2D eigenvalue weighted by Crippen LogP contribution is 2.04. The van der Waals surface area contributed by atoms with Crippen LogP contribution >= 0.6 is 0 Å². The van der Waals surface area contributed by atoms with E-state index < -0.39 is 8.56 Å². The molecule has 54 valence electrons. The lowest BCUT2D eigenvalue weighted by Gasteiger charge is -2.17. The molecule has 2 nitrogen and oxygen atoms in total. The van der Waals surface area contributed by atoms with Gasteiger partial charge in [-0.3, -0.25) is 0 Å². The molecule has 0 radical (unpaired) electrons. The van der Waals surface area contributed by atoms with E-state index in [9.17, 15) is 0 Å². The maximum atomic E-state index is 5.16. The van der Waals surface area contributed by atoms with Gasteiger partial charge in [-0.05, 0) is 19.2 Å². The summed E-state index contributed by atoms with van der Waals surface area (Å²) in [5.74, 6) is 0. The van der Waals surface area contributed by atoms with Crippen molar-refractivity contribution in [3.8, 4) is 0 Å². The summed E-state index contributed by atoms with van der Waals surface area (Å²) < 4.78 is 10.3. The molecular formula is C6H14O2Si. The van der Waals surface area contributed by atoms with Crippen LogP contribution in [0.2, 0.25) is 6.55 Å². The molecular weight excluding hydrogens is 132 g/mol. The third-order valence-corrected chi connectivity index (χ3v) is 3.84. The topological polar surface area (TPSA) is 18.5 Å². The molecule has 9 heavy (non-hydrogen) atoms. The molecule has 0 aromatic heterocycles. The molecule has 0 amide bonds. The normalized spacial score (nSPS) is 12.9. The summed E-state index contributed by atoms with van der Waals surface area (Å²) in [5, 5.41) is 0. The van der Waals surface area contributed by atoms with Crippen molar-refractivity contribution in [1.82, 2.24) is 0 Å². The Morgan fingerprint density at radius 1 is 1.22 bits per heavy atom. The Labute approximate surface area is 57.7 Å². The van der Waals surface area contributed by atoms with Crippen LogP contribution in [0.15, 0.2) is 11.8 Å². The summed E-state index contributed by atoms with van der Waals surface area (Å²) in [6.45, 7) is 3.95. The van der Waals surface area contributed by atoms with Gasteiger partial charge in [0.15, 0.2) is 0 Å². The fraction of sp³-hybridized carbons (Fsp3) is 0.667. The molecule has 0 spiro atoms. The fourth-order valence-electron chi connectivity index (χ4n) is 0.522. The van der Waals surface area contributed by atoms with Gasteiger partial charge < -0.3 is 8.85 Å². The first-order chi connectivity index (χ1) is 4.18. The van der Waals surface area contributed by atoms with Gasteiger partial charge in [-0.25, -0.2) is 0 Å². The number of hydrogen-bond acceptors (Lipinski definition) is 2. The Kier molecular flexibility index (Phi) is 3.77. The van der Waals surface area contributed by atoms with Crippen molar-refractivity contribution in [2.75, 3.05) is 14.2 Å². The van der Waals surface area contributed by atoms with Crippen molar-refractivity contribution >= 4 is 8.56 Å². The Balaban J connectivity index is 3.92. The fourth-order valence-corrected chi connectivity index (χ4v) is 1.57. The highest BCUT2D eigenvalue weighted by atomic mass is 28.4. The van der Waals surface area contributed by atoms with Crippen LogP contribution in [0.25, 0.3) is 0 Å². The van der Waals surface area contributed by atoms with Crippen LogP contribution in [-0.2, 0) is 8.85 Å². The first-order valence-corrected chi connectivity index (χ1v) is 5.32. The van der Waals surface area contributed by atoms with E-state index in [0.717, 1.165) is 0 Å². The van der Waals surface area contributed by atoms with E-state index in [-0.39, 0.29) is 0 Å². The second-order valence-corrected chi connectivity index (χ2v) is 5.11. The number of rotatable bonds is 3. The van der Waals surface area contributed by atoms with E-state index in [1.165, 1.54) is 0 Å². The highest BCUT2D eigenvalue weighted by molar-refractivity contribution is 6.71. The molecule has 0 N–H and O–H groups in total. The smallest absolute Gasteiger partial charge is 0.360 e. The summed E-state index contributed by atoms with van der Waals surface area (Å²) in [7, 11) is 1.47. The third-order valence-electron chi connectivity index (χ3n) is 1.28. The molecule has 0 fully saturated rings. The van der Waals surface area contributed by atoms with Crippen molar-refractivity contribution in [1.29, 1.82) is 0 Å². The third kappa shape index (κ3) is 2.79. The maximum Gasteiger partial charge on any atom is 0.360 e. The van der Waals surface area contributed by atoms with Crippen LogP contribution < -0.4 is 0 Å². The van der Waals surface area contributed by atoms with Crippen molar-refractivity contribution in [2.45, 2.75) is 13.5 Å². The molecule has 0 aliphatic carbocycles. The molecule has 0 aliphatic heterocycles. The van der Waals surface area contributed by atoms with Crippen LogP contribution in [0.5, 0.6) is 0 Å². The monoisotopic (exact) mass is 146 g/mol. The minimum absolute atomic E-state index is 1.68. The molecule has 0 saturated carbocycles. The average molecular weight is 146 g/mol. The molecule has 0 bridgehead atoms. The molecule has 0 aromatic carbocycles. The summed E-state index contributed by atoms with van der Waals surface area (Å²) in [4.78, 5) is 0. The van der Waals surface area contributed by atoms with Crippen LogP contribution in [-0.4, -0.2) is 22.8 Å². The van der Waals surface area contributed by atoms with Gasteiger partial charge >= 0.3 is 8.56 Å². The van der Waals surface area contributed by atoms with Crippen LogP contribution in [0.1, 0.15) is 6.92 Å². The van der Waals surface area contributed by atoms with Gasteiger partial charge in [0.25, 0.3) is 0 Å². The van der Waals surface area contributed by atoms with Gasteiger partial charge in [0, 0.05) is 14.2 Å². The second-order valence-electron chi connectivity index (χ2n) is 1.92. The summed E-state index contributed by atoms with van der Waals surface area (Å²) in [6, 6.07) is 0. The Morgan fingerprint density at radius 3 is 1.78 bits per heavy atom. The lowest BCUT2D eigenvalue weighted by molar-refractivity contribution is 0.264. The second kappa shape index (κ2) is 3.82. The van der Waals surface area contributed by atoms with E-state index in [0.29, 0.717) is 0 Å². The van der Waals surface area contributed by atoms with Crippen molar-refractivity contribution in [2.24, 2.45) is 0 Å². The standard InChI is InChI=1S/C6H14O2Si/c1-5-6-9(4,7-2)8-3/h5-6H,1-4H3/b6-5+. The first-order valence-electron chi connectivity index (χ1n) is 2.92. The molecule has 0 aliphatic rings. The Hall–Kier alpha value is -0.123. The van der Waals surface area contributed by atoms with Gasteiger partial charge in [-0.1, -0.05) is 6.08 Å². The summed E-state index contributed by atoms with van der Waals surface area (Å²) >= 11 is 0. The molecule has 0 heterocycles. The van der Waals surface area contributed by atoms with Gasteiger partial charge in [0.1, 0.15) is 0 Å². The zero-order valence-electron chi connectivity index (χ0n) is 6.47. The quantitative estimate of drug-likeness (QED) is 0.561. The molecule has 0 unspecified atom stereocenters. The average Bonchev–Trinajstić information content (AvgIpc) is 1.89. The SMILES string of the molecule is C/C=C/[Si](C)(OC)OC. The maximum absolute atomic E-state index is 5.16. The summed E-state index contributed by atoms with van der Waals surface area (Å²) in [5.41, 5.74) is 1.99. The lowest BCUT2D eigenvalue weighted by atomic mass is 10.8. The molecule has 0 saturated heterocycles. The minimum Gasteiger partial charge on any atom is -0.395 e. The van der Waals surface area contributed by atoms with Gasteiger partial charge in [0.05, 0.1) is 0 Å². The number of allylic oxidation sites excluding steroid dienone is 1. The Morgan fingerprint density at radius 2 is 1.67 bits per heavy atom. The Bertz CT molecular complexity index is 97.2. The van der Waals surface area contributed by atoms with E-state index >= 15 is 0 Å². The van der Waals surface area contributed by atoms with Crippen molar-refractivity contribution in [3.05, 3.63) is 11.8 Å². The van der Waals surface area contributed by atoms with Crippen LogP contribution in [0.3, 0.4) is 0 Å². The number of hydrogen-bond donors (Lipinski definition) is 0. The molecule has 0 atom stereocenters. The first kappa shape index (κ1) is 8.88. The van der Waals surface area contributed by atoms with E-state index in [2.05, 4.69) is 0 Å². The van der Waals surface area contributed by atoms with Gasteiger partial charge in [-0.2, -0.15) is 0 Å². The minimum atomic E-state index is -1.88. The van der Waals surface area contributed by atoms with Gasteiger partial charge in [-0.15, -0.1) is 0 Å². The van der Waals surface area contributed by atoms with Crippen LogP contribution in [0, 0.1) is 0 Å². The van der Waals surface area contributed by atoms with Gasteiger partial charge in [0.2, 0.25) is 0 Å². The largest absolute Gasteiger partial charge is 0.395 e. The zero-order chi connectivity index (χ0) is 7.33. The van der Waals surface area contributed by atoms with E-state index in [4.69, 9.17) is 8.85 Å². The molecule has 3 heteroatoms. The molecule has 0 aromatic rings. The predicted octanol–water partition coefficient (Wildman–Crippen LogP) is 1.47. The van der Waals surface area contributed by atoms with Crippen molar-refractivity contribution in [3.63, 3.8) is 0 Å². The molecule has 0 rings (SSSR count). The van der Waals surface area contributed by atoms with Crippen molar-refractivity contribution < 1.29 is 8.85 Å². The lowest BCUT2D eigenvalue weighted by Crippen LogP contribution is -2.33. The predicted molar refractivity (Wildman–Crippen MR) is 40.5 cm³/mol. The van der Waals surface area contributed by atoms with Crippen LogP contribution in [0.4, 0.5) is 0 Å². The highest BCUT2D eigenvalue weighted by Gasteiger charge is 2.23. The van der Waals surface area contributed by atoms with E-state index in [1.54, 1.807) is 14.2 Å². The zero-order valence-corrected chi connectivity index (χ0v) is 7.47. The summed E-state index contributed by atoms with van der Waals surface area (Å²) in [6.07, 6.45) is 1.96. The van der Waals surface area contributed by atoms with E-state index in [1.807, 2.05) is 25.2 Å².